The van der Waals surface area contributed by atoms with Gasteiger partial charge in [-0.1, -0.05) is 20.8 Å². The first-order valence-corrected chi connectivity index (χ1v) is 10.1. The van der Waals surface area contributed by atoms with E-state index in [4.69, 9.17) is 9.47 Å². The molecule has 0 bridgehead atoms. The molecule has 2 rings (SSSR count). The molecule has 2 saturated heterocycles. The molecule has 0 aliphatic carbocycles. The quantitative estimate of drug-likeness (QED) is 0.726. The summed E-state index contributed by atoms with van der Waals surface area (Å²) < 4.78 is 13.0. The number of thioether (sulfide) groups is 2. The van der Waals surface area contributed by atoms with Crippen molar-refractivity contribution in [1.29, 1.82) is 0 Å². The van der Waals surface area contributed by atoms with E-state index in [9.17, 15) is 0 Å². The Bertz CT molecular complexity index is 301. The molecular formula is C16H30O2S2. The number of ether oxygens (including phenoxy) is 2. The van der Waals surface area contributed by atoms with Gasteiger partial charge in [0, 0.05) is 0 Å². The van der Waals surface area contributed by atoms with Crippen LogP contribution in [0.1, 0.15) is 53.9 Å². The molecular weight excluding hydrogens is 288 g/mol. The number of hydrogen-bond donors (Lipinski definition) is 0. The van der Waals surface area contributed by atoms with Crippen molar-refractivity contribution in [3.05, 3.63) is 0 Å². The maximum atomic E-state index is 6.15. The van der Waals surface area contributed by atoms with E-state index in [-0.39, 0.29) is 12.2 Å². The molecule has 2 fully saturated rings. The molecule has 20 heavy (non-hydrogen) atoms. The second-order valence-electron chi connectivity index (χ2n) is 6.98. The van der Waals surface area contributed by atoms with Crippen LogP contribution in [0.4, 0.5) is 0 Å². The Morgan fingerprint density at radius 1 is 1.05 bits per heavy atom. The molecule has 2 aliphatic heterocycles. The van der Waals surface area contributed by atoms with E-state index in [1.807, 2.05) is 13.8 Å². The van der Waals surface area contributed by atoms with Gasteiger partial charge in [0.05, 0.1) is 16.8 Å². The molecule has 0 aromatic rings. The molecule has 4 heteroatoms. The van der Waals surface area contributed by atoms with Crippen molar-refractivity contribution in [2.45, 2.75) is 76.5 Å². The highest BCUT2D eigenvalue weighted by Crippen LogP contribution is 2.39. The van der Waals surface area contributed by atoms with E-state index in [1.54, 1.807) is 0 Å². The van der Waals surface area contributed by atoms with Crippen LogP contribution in [0.25, 0.3) is 0 Å². The van der Waals surface area contributed by atoms with Crippen LogP contribution in [-0.2, 0) is 9.47 Å². The van der Waals surface area contributed by atoms with Gasteiger partial charge in [-0.05, 0) is 56.5 Å². The fourth-order valence-corrected chi connectivity index (χ4v) is 6.33. The summed E-state index contributed by atoms with van der Waals surface area (Å²) in [6.45, 7) is 10.9. The van der Waals surface area contributed by atoms with Crippen LogP contribution in [0, 0.1) is 11.8 Å². The zero-order chi connectivity index (χ0) is 14.8. The standard InChI is InChI=1S/C16H30O2S2/c1-11(2)15-13(17-16(4,5)18-15)9-12(3)10-14-19-7-6-8-20-14/h11-15H,6-10H2,1-5H3/t12-,13-,15-/m1/s1. The molecule has 0 amide bonds. The van der Waals surface area contributed by atoms with Gasteiger partial charge in [-0.15, -0.1) is 23.5 Å². The molecule has 0 unspecified atom stereocenters. The molecule has 0 radical (unpaired) electrons. The third-order valence-corrected chi connectivity index (χ3v) is 7.00. The molecule has 0 aromatic carbocycles. The van der Waals surface area contributed by atoms with Crippen molar-refractivity contribution >= 4 is 23.5 Å². The summed E-state index contributed by atoms with van der Waals surface area (Å²) in [5.41, 5.74) is 0. The second kappa shape index (κ2) is 7.26. The Kier molecular flexibility index (Phi) is 6.16. The van der Waals surface area contributed by atoms with E-state index in [2.05, 4.69) is 44.3 Å². The van der Waals surface area contributed by atoms with E-state index in [1.165, 1.54) is 24.3 Å². The van der Waals surface area contributed by atoms with Gasteiger partial charge >= 0.3 is 0 Å². The first-order valence-electron chi connectivity index (χ1n) is 7.96. The Balaban J connectivity index is 1.84. The zero-order valence-electron chi connectivity index (χ0n) is 13.6. The van der Waals surface area contributed by atoms with Crippen molar-refractivity contribution in [2.75, 3.05) is 11.5 Å². The first kappa shape index (κ1) is 17.0. The predicted molar refractivity (Wildman–Crippen MR) is 90.4 cm³/mol. The van der Waals surface area contributed by atoms with Crippen LogP contribution >= 0.6 is 23.5 Å². The van der Waals surface area contributed by atoms with E-state index >= 15 is 0 Å². The molecule has 0 saturated carbocycles. The van der Waals surface area contributed by atoms with Gasteiger partial charge in [0.1, 0.15) is 0 Å². The minimum atomic E-state index is -0.409. The van der Waals surface area contributed by atoms with E-state index in [0.29, 0.717) is 11.8 Å². The van der Waals surface area contributed by atoms with Crippen LogP contribution in [0.3, 0.4) is 0 Å². The summed E-state index contributed by atoms with van der Waals surface area (Å²) in [4.78, 5) is 0. The van der Waals surface area contributed by atoms with Crippen LogP contribution < -0.4 is 0 Å². The maximum Gasteiger partial charge on any atom is 0.163 e. The number of rotatable bonds is 5. The minimum Gasteiger partial charge on any atom is -0.345 e. The van der Waals surface area contributed by atoms with Crippen LogP contribution in [-0.4, -0.2) is 34.1 Å². The molecule has 0 aromatic heterocycles. The predicted octanol–water partition coefficient (Wildman–Crippen LogP) is 4.78. The lowest BCUT2D eigenvalue weighted by Gasteiger charge is -2.27. The topological polar surface area (TPSA) is 18.5 Å². The van der Waals surface area contributed by atoms with Gasteiger partial charge in [-0.3, -0.25) is 0 Å². The normalized spacial score (nSPS) is 32.7. The average Bonchev–Trinajstić information content (AvgIpc) is 2.65. The summed E-state index contributed by atoms with van der Waals surface area (Å²) in [5.74, 6) is 3.51. The lowest BCUT2D eigenvalue weighted by atomic mass is 9.93. The fourth-order valence-electron chi connectivity index (χ4n) is 3.10. The molecule has 118 valence electrons. The highest BCUT2D eigenvalue weighted by atomic mass is 32.2. The van der Waals surface area contributed by atoms with E-state index < -0.39 is 5.79 Å². The molecule has 2 heterocycles. The van der Waals surface area contributed by atoms with Gasteiger partial charge in [-0.2, -0.15) is 0 Å². The largest absolute Gasteiger partial charge is 0.345 e. The molecule has 2 nitrogen and oxygen atoms in total. The molecule has 3 atom stereocenters. The summed E-state index contributed by atoms with van der Waals surface area (Å²) in [6, 6.07) is 0. The van der Waals surface area contributed by atoms with Gasteiger partial charge < -0.3 is 9.47 Å². The van der Waals surface area contributed by atoms with E-state index in [0.717, 1.165) is 11.0 Å². The van der Waals surface area contributed by atoms with Crippen LogP contribution in [0.2, 0.25) is 0 Å². The van der Waals surface area contributed by atoms with Crippen LogP contribution in [0.15, 0.2) is 0 Å². The zero-order valence-corrected chi connectivity index (χ0v) is 15.2. The Morgan fingerprint density at radius 3 is 2.30 bits per heavy atom. The Morgan fingerprint density at radius 2 is 1.70 bits per heavy atom. The Labute approximate surface area is 133 Å². The van der Waals surface area contributed by atoms with Crippen molar-refractivity contribution in [1.82, 2.24) is 0 Å². The summed E-state index contributed by atoms with van der Waals surface area (Å²) in [7, 11) is 0. The lowest BCUT2D eigenvalue weighted by Crippen LogP contribution is -2.30. The van der Waals surface area contributed by atoms with Gasteiger partial charge in [-0.25, -0.2) is 0 Å². The van der Waals surface area contributed by atoms with Gasteiger partial charge in [0.15, 0.2) is 5.79 Å². The maximum absolute atomic E-state index is 6.15. The van der Waals surface area contributed by atoms with Gasteiger partial charge in [0.2, 0.25) is 0 Å². The van der Waals surface area contributed by atoms with Crippen molar-refractivity contribution in [3.8, 4) is 0 Å². The molecule has 0 N–H and O–H groups in total. The smallest absolute Gasteiger partial charge is 0.163 e. The fraction of sp³-hybridized carbons (Fsp3) is 1.00. The summed E-state index contributed by atoms with van der Waals surface area (Å²) in [5, 5.41) is 0. The second-order valence-corrected chi connectivity index (χ2v) is 9.90. The van der Waals surface area contributed by atoms with Crippen molar-refractivity contribution in [3.63, 3.8) is 0 Å². The van der Waals surface area contributed by atoms with Crippen molar-refractivity contribution in [2.24, 2.45) is 11.8 Å². The first-order chi connectivity index (χ1) is 9.37. The monoisotopic (exact) mass is 318 g/mol. The summed E-state index contributed by atoms with van der Waals surface area (Å²) >= 11 is 4.29. The molecule has 0 spiro atoms. The minimum absolute atomic E-state index is 0.249. The van der Waals surface area contributed by atoms with Gasteiger partial charge in [0.25, 0.3) is 0 Å². The van der Waals surface area contributed by atoms with Crippen molar-refractivity contribution < 1.29 is 9.47 Å². The highest BCUT2D eigenvalue weighted by Gasteiger charge is 2.43. The SMILES string of the molecule is CC(C)[C@H]1OC(C)(C)O[C@@H]1C[C@@H](C)CC1SCCCS1. The average molecular weight is 319 g/mol. The number of hydrogen-bond acceptors (Lipinski definition) is 4. The molecule has 2 aliphatic rings. The lowest BCUT2D eigenvalue weighted by molar-refractivity contribution is -0.150. The third-order valence-electron chi connectivity index (χ3n) is 4.00. The van der Waals surface area contributed by atoms with Crippen LogP contribution in [0.5, 0.6) is 0 Å². The summed E-state index contributed by atoms with van der Waals surface area (Å²) in [6.07, 6.45) is 4.32. The third kappa shape index (κ3) is 4.82. The highest BCUT2D eigenvalue weighted by molar-refractivity contribution is 8.17. The Hall–Kier alpha value is 0.620.